The molecule has 4 nitrogen and oxygen atoms in total. The summed E-state index contributed by atoms with van der Waals surface area (Å²) in [6.07, 6.45) is 4.87. The lowest BCUT2D eigenvalue weighted by Gasteiger charge is -2.30. The van der Waals surface area contributed by atoms with Crippen LogP contribution in [0.4, 0.5) is 0 Å². The van der Waals surface area contributed by atoms with Crippen LogP contribution in [0.2, 0.25) is 0 Å². The number of ether oxygens (including phenoxy) is 1. The summed E-state index contributed by atoms with van der Waals surface area (Å²) < 4.78 is 6.03. The van der Waals surface area contributed by atoms with E-state index in [0.717, 1.165) is 51.4 Å². The smallest absolute Gasteiger partial charge is 0.119 e. The van der Waals surface area contributed by atoms with Crippen molar-refractivity contribution in [2.45, 2.75) is 38.3 Å². The number of nitrogens with two attached hydrogens (primary N) is 1. The summed E-state index contributed by atoms with van der Waals surface area (Å²) in [5.41, 5.74) is 9.89. The average molecular weight is 380 g/mol. The maximum Gasteiger partial charge on any atom is 0.119 e. The zero-order valence-electron chi connectivity index (χ0n) is 16.9. The summed E-state index contributed by atoms with van der Waals surface area (Å²) in [6.45, 7) is 7.45. The molecule has 28 heavy (non-hydrogen) atoms. The molecule has 2 aromatic rings. The Morgan fingerprint density at radius 1 is 0.857 bits per heavy atom. The number of nitrogens with zero attached hydrogens (tertiary/aromatic N) is 2. The quantitative estimate of drug-likeness (QED) is 0.795. The van der Waals surface area contributed by atoms with Gasteiger partial charge in [-0.05, 0) is 86.8 Å². The molecule has 150 valence electrons. The van der Waals surface area contributed by atoms with Gasteiger partial charge in [0.15, 0.2) is 0 Å². The van der Waals surface area contributed by atoms with Gasteiger partial charge in [-0.1, -0.05) is 30.3 Å². The van der Waals surface area contributed by atoms with Gasteiger partial charge in [0.1, 0.15) is 12.4 Å². The van der Waals surface area contributed by atoms with Crippen LogP contribution >= 0.6 is 0 Å². The fourth-order valence-electron chi connectivity index (χ4n) is 4.28. The van der Waals surface area contributed by atoms with Crippen LogP contribution in [-0.2, 0) is 6.54 Å². The lowest BCUT2D eigenvalue weighted by molar-refractivity contribution is 0.205. The third kappa shape index (κ3) is 5.34. The predicted octanol–water partition coefficient (Wildman–Crippen LogP) is 3.75. The second-order valence-electron chi connectivity index (χ2n) is 8.24. The van der Waals surface area contributed by atoms with E-state index in [1.807, 2.05) is 0 Å². The molecule has 0 unspecified atom stereocenters. The second kappa shape index (κ2) is 9.55. The normalized spacial score (nSPS) is 19.2. The van der Waals surface area contributed by atoms with E-state index in [0.29, 0.717) is 6.04 Å². The molecule has 0 aromatic heterocycles. The fraction of sp³-hybridized carbons (Fsp3) is 0.500. The molecule has 0 spiro atoms. The molecule has 0 saturated carbocycles. The second-order valence-corrected chi connectivity index (χ2v) is 8.24. The summed E-state index contributed by atoms with van der Waals surface area (Å²) in [5, 5.41) is 0. The first-order valence-corrected chi connectivity index (χ1v) is 10.8. The highest BCUT2D eigenvalue weighted by atomic mass is 16.5. The molecule has 2 saturated heterocycles. The van der Waals surface area contributed by atoms with E-state index in [2.05, 4.69) is 58.3 Å². The van der Waals surface area contributed by atoms with Crippen molar-refractivity contribution in [1.82, 2.24) is 9.80 Å². The summed E-state index contributed by atoms with van der Waals surface area (Å²) in [7, 11) is 0. The molecule has 0 amide bonds. The molecule has 2 aromatic carbocycles. The zero-order valence-corrected chi connectivity index (χ0v) is 16.9. The van der Waals surface area contributed by atoms with Gasteiger partial charge in [0.05, 0.1) is 0 Å². The van der Waals surface area contributed by atoms with Gasteiger partial charge < -0.3 is 10.5 Å². The van der Waals surface area contributed by atoms with Gasteiger partial charge >= 0.3 is 0 Å². The average Bonchev–Trinajstić information content (AvgIpc) is 3.24. The Hall–Kier alpha value is -1.88. The SMILES string of the molecule is NC1CCN(Cc2cccc(-c3cccc(OCCN4CCCC4)c3)c2)CC1. The predicted molar refractivity (Wildman–Crippen MR) is 116 cm³/mol. The largest absolute Gasteiger partial charge is 0.492 e. The minimum Gasteiger partial charge on any atom is -0.492 e. The van der Waals surface area contributed by atoms with Gasteiger partial charge in [0.2, 0.25) is 0 Å². The van der Waals surface area contributed by atoms with E-state index >= 15 is 0 Å². The number of hydrogen-bond donors (Lipinski definition) is 1. The Morgan fingerprint density at radius 3 is 2.36 bits per heavy atom. The first kappa shape index (κ1) is 19.4. The van der Waals surface area contributed by atoms with Crippen LogP contribution < -0.4 is 10.5 Å². The van der Waals surface area contributed by atoms with Gasteiger partial charge in [-0.2, -0.15) is 0 Å². The van der Waals surface area contributed by atoms with Crippen molar-refractivity contribution in [3.63, 3.8) is 0 Å². The van der Waals surface area contributed by atoms with Crippen LogP contribution in [0.3, 0.4) is 0 Å². The summed E-state index contributed by atoms with van der Waals surface area (Å²) in [5.74, 6) is 0.965. The van der Waals surface area contributed by atoms with E-state index in [1.165, 1.54) is 42.6 Å². The zero-order chi connectivity index (χ0) is 19.2. The molecule has 0 aliphatic carbocycles. The molecular weight excluding hydrogens is 346 g/mol. The molecule has 2 aliphatic rings. The number of rotatable bonds is 7. The third-order valence-corrected chi connectivity index (χ3v) is 6.01. The highest BCUT2D eigenvalue weighted by Crippen LogP contribution is 2.25. The third-order valence-electron chi connectivity index (χ3n) is 6.01. The first-order valence-electron chi connectivity index (χ1n) is 10.8. The van der Waals surface area contributed by atoms with Gasteiger partial charge in [0.25, 0.3) is 0 Å². The maximum atomic E-state index is 6.03. The lowest BCUT2D eigenvalue weighted by atomic mass is 10.0. The molecule has 0 radical (unpaired) electrons. The Kier molecular flexibility index (Phi) is 6.63. The van der Waals surface area contributed by atoms with E-state index < -0.39 is 0 Å². The summed E-state index contributed by atoms with van der Waals surface area (Å²) in [4.78, 5) is 5.00. The summed E-state index contributed by atoms with van der Waals surface area (Å²) in [6, 6.07) is 17.8. The van der Waals surface area contributed by atoms with Crippen molar-refractivity contribution >= 4 is 0 Å². The van der Waals surface area contributed by atoms with Gasteiger partial charge in [-0.15, -0.1) is 0 Å². The van der Waals surface area contributed by atoms with E-state index in [-0.39, 0.29) is 0 Å². The lowest BCUT2D eigenvalue weighted by Crippen LogP contribution is -2.39. The fourth-order valence-corrected chi connectivity index (χ4v) is 4.28. The molecule has 2 N–H and O–H groups in total. The van der Waals surface area contributed by atoms with Crippen LogP contribution in [0, 0.1) is 0 Å². The van der Waals surface area contributed by atoms with E-state index in [9.17, 15) is 0 Å². The van der Waals surface area contributed by atoms with Crippen molar-refractivity contribution in [2.75, 3.05) is 39.3 Å². The minimum absolute atomic E-state index is 0.385. The first-order chi connectivity index (χ1) is 13.8. The standard InChI is InChI=1S/C24H33N3O/c25-23-9-13-27(14-10-23)19-20-5-3-6-21(17-20)22-7-4-8-24(18-22)28-16-15-26-11-1-2-12-26/h3-8,17-18,23H,1-2,9-16,19,25H2. The van der Waals surface area contributed by atoms with Crippen molar-refractivity contribution in [1.29, 1.82) is 0 Å². The minimum atomic E-state index is 0.385. The monoisotopic (exact) mass is 379 g/mol. The summed E-state index contributed by atoms with van der Waals surface area (Å²) >= 11 is 0. The Bertz CT molecular complexity index is 749. The highest BCUT2D eigenvalue weighted by molar-refractivity contribution is 5.65. The Morgan fingerprint density at radius 2 is 1.57 bits per heavy atom. The van der Waals surface area contributed by atoms with Crippen LogP contribution in [0.25, 0.3) is 11.1 Å². The van der Waals surface area contributed by atoms with Crippen LogP contribution in [0.15, 0.2) is 48.5 Å². The molecule has 0 bridgehead atoms. The van der Waals surface area contributed by atoms with Crippen LogP contribution in [-0.4, -0.2) is 55.2 Å². The van der Waals surface area contributed by atoms with Gasteiger partial charge in [0, 0.05) is 19.1 Å². The van der Waals surface area contributed by atoms with Crippen molar-refractivity contribution in [3.05, 3.63) is 54.1 Å². The highest BCUT2D eigenvalue weighted by Gasteiger charge is 2.16. The van der Waals surface area contributed by atoms with E-state index in [4.69, 9.17) is 10.5 Å². The molecule has 4 rings (SSSR count). The van der Waals surface area contributed by atoms with E-state index in [1.54, 1.807) is 0 Å². The molecule has 4 heteroatoms. The Balaban J connectivity index is 1.36. The van der Waals surface area contributed by atoms with Crippen LogP contribution in [0.1, 0.15) is 31.2 Å². The van der Waals surface area contributed by atoms with Gasteiger partial charge in [-0.25, -0.2) is 0 Å². The van der Waals surface area contributed by atoms with Crippen molar-refractivity contribution < 1.29 is 4.74 Å². The van der Waals surface area contributed by atoms with Crippen molar-refractivity contribution in [3.8, 4) is 16.9 Å². The molecule has 2 heterocycles. The molecule has 0 atom stereocenters. The van der Waals surface area contributed by atoms with Crippen LogP contribution in [0.5, 0.6) is 5.75 Å². The molecule has 2 fully saturated rings. The topological polar surface area (TPSA) is 41.7 Å². The van der Waals surface area contributed by atoms with Crippen molar-refractivity contribution in [2.24, 2.45) is 5.73 Å². The van der Waals surface area contributed by atoms with Gasteiger partial charge in [-0.3, -0.25) is 9.80 Å². The number of piperidine rings is 1. The molecular formula is C24H33N3O. The molecule has 2 aliphatic heterocycles. The number of benzene rings is 2. The number of hydrogen-bond acceptors (Lipinski definition) is 4. The Labute approximate surface area is 169 Å². The number of likely N-dealkylation sites (tertiary alicyclic amines) is 2. The maximum absolute atomic E-state index is 6.03.